The lowest BCUT2D eigenvalue weighted by atomic mass is 9.95. The fourth-order valence-corrected chi connectivity index (χ4v) is 3.87. The molecule has 2 atom stereocenters. The number of rotatable bonds is 5. The molecule has 0 aliphatic carbocycles. The predicted octanol–water partition coefficient (Wildman–Crippen LogP) is 2.18. The van der Waals surface area contributed by atoms with Crippen molar-refractivity contribution in [2.45, 2.75) is 12.1 Å². The van der Waals surface area contributed by atoms with E-state index in [4.69, 9.17) is 0 Å². The first-order valence-corrected chi connectivity index (χ1v) is 9.60. The van der Waals surface area contributed by atoms with Gasteiger partial charge >= 0.3 is 0 Å². The number of aliphatic imine (C=N–C) groups is 1. The first-order chi connectivity index (χ1) is 13.3. The van der Waals surface area contributed by atoms with Gasteiger partial charge in [0.15, 0.2) is 11.4 Å². The lowest BCUT2D eigenvalue weighted by Gasteiger charge is -2.40. The van der Waals surface area contributed by atoms with E-state index in [0.717, 1.165) is 11.8 Å². The fourth-order valence-electron chi connectivity index (χ4n) is 3.43. The third-order valence-corrected chi connectivity index (χ3v) is 5.34. The van der Waals surface area contributed by atoms with Crippen molar-refractivity contribution in [1.29, 1.82) is 0 Å². The first-order valence-electron chi connectivity index (χ1n) is 8.52. The Morgan fingerprint density at radius 1 is 1.43 bits per heavy atom. The van der Waals surface area contributed by atoms with E-state index < -0.39 is 17.1 Å². The van der Waals surface area contributed by atoms with E-state index in [1.54, 1.807) is 7.05 Å². The Bertz CT molecular complexity index is 989. The molecule has 2 unspecified atom stereocenters. The predicted molar refractivity (Wildman–Crippen MR) is 115 cm³/mol. The topological polar surface area (TPSA) is 91.0 Å². The SMILES string of the molecule is C=N/C(I)=C\N(C)C(c1ccccc1)C1CN(C)C(=O)c2c(O)c(=O)cnn21. The van der Waals surface area contributed by atoms with Gasteiger partial charge in [0.05, 0.1) is 18.3 Å². The van der Waals surface area contributed by atoms with Gasteiger partial charge in [0.1, 0.15) is 3.70 Å². The van der Waals surface area contributed by atoms with E-state index in [2.05, 4.69) is 39.4 Å². The highest BCUT2D eigenvalue weighted by Crippen LogP contribution is 2.36. The molecule has 1 aromatic carbocycles. The number of aromatic hydroxyl groups is 1. The molecule has 8 nitrogen and oxygen atoms in total. The van der Waals surface area contributed by atoms with Crippen LogP contribution in [0.5, 0.6) is 5.75 Å². The standard InChI is InChI=1S/C19H20IN5O3/c1-21-15(20)11-23(2)16(12-7-5-4-6-8-12)13-10-24(3)19(28)17-18(27)14(26)9-22-25(13)17/h4-9,11,13,16,27H,1,10H2,2-3H3/b15-11-. The number of carbonyl (C=O) groups excluding carboxylic acids is 1. The van der Waals surface area contributed by atoms with E-state index in [1.807, 2.05) is 48.5 Å². The molecule has 1 aromatic heterocycles. The number of halogens is 1. The Morgan fingerprint density at radius 3 is 2.75 bits per heavy atom. The van der Waals surface area contributed by atoms with E-state index in [9.17, 15) is 14.7 Å². The molecular formula is C19H20IN5O3. The average Bonchev–Trinajstić information content (AvgIpc) is 2.68. The summed E-state index contributed by atoms with van der Waals surface area (Å²) in [6.45, 7) is 3.90. The molecule has 9 heteroatoms. The Labute approximate surface area is 175 Å². The summed E-state index contributed by atoms with van der Waals surface area (Å²) in [5.74, 6) is -1.02. The molecule has 1 aliphatic rings. The molecule has 1 aliphatic heterocycles. The van der Waals surface area contributed by atoms with Crippen LogP contribution in [0.25, 0.3) is 0 Å². The quantitative estimate of drug-likeness (QED) is 0.392. The number of amides is 1. The van der Waals surface area contributed by atoms with Gasteiger partial charge in [0.25, 0.3) is 5.91 Å². The number of fused-ring (bicyclic) bond motifs is 1. The van der Waals surface area contributed by atoms with Crippen LogP contribution in [-0.4, -0.2) is 58.0 Å². The summed E-state index contributed by atoms with van der Waals surface area (Å²) >= 11 is 2.08. The van der Waals surface area contributed by atoms with E-state index in [0.29, 0.717) is 10.2 Å². The summed E-state index contributed by atoms with van der Waals surface area (Å²) in [6, 6.07) is 9.19. The second-order valence-electron chi connectivity index (χ2n) is 6.53. The summed E-state index contributed by atoms with van der Waals surface area (Å²) in [5.41, 5.74) is 0.220. The van der Waals surface area contributed by atoms with E-state index >= 15 is 0 Å². The van der Waals surface area contributed by atoms with E-state index in [1.165, 1.54) is 9.58 Å². The Kier molecular flexibility index (Phi) is 5.82. The number of likely N-dealkylation sites (N-methyl/N-ethyl adjacent to an activating group) is 2. The van der Waals surface area contributed by atoms with Crippen molar-refractivity contribution in [2.75, 3.05) is 20.6 Å². The van der Waals surface area contributed by atoms with Gasteiger partial charge in [0, 0.05) is 26.8 Å². The van der Waals surface area contributed by atoms with Crippen LogP contribution in [0.15, 0.2) is 56.2 Å². The molecule has 3 rings (SSSR count). The molecule has 28 heavy (non-hydrogen) atoms. The summed E-state index contributed by atoms with van der Waals surface area (Å²) in [5, 5.41) is 14.4. The molecule has 146 valence electrons. The third-order valence-electron chi connectivity index (χ3n) is 4.72. The van der Waals surface area contributed by atoms with Gasteiger partial charge < -0.3 is 14.9 Å². The molecule has 0 spiro atoms. The van der Waals surface area contributed by atoms with Crippen LogP contribution < -0.4 is 5.43 Å². The van der Waals surface area contributed by atoms with E-state index in [-0.39, 0.29) is 17.8 Å². The summed E-state index contributed by atoms with van der Waals surface area (Å²) in [4.78, 5) is 31.9. The third kappa shape index (κ3) is 3.66. The summed E-state index contributed by atoms with van der Waals surface area (Å²) in [6.07, 6.45) is 2.89. The first kappa shape index (κ1) is 20.1. The second kappa shape index (κ2) is 8.13. The summed E-state index contributed by atoms with van der Waals surface area (Å²) < 4.78 is 2.16. The highest BCUT2D eigenvalue weighted by molar-refractivity contribution is 14.1. The van der Waals surface area contributed by atoms with Crippen molar-refractivity contribution < 1.29 is 9.90 Å². The van der Waals surface area contributed by atoms with Crippen LogP contribution in [0.1, 0.15) is 28.1 Å². The Hall–Kier alpha value is -2.69. The van der Waals surface area contributed by atoms with Crippen molar-refractivity contribution in [3.8, 4) is 5.75 Å². The number of hydrogen-bond acceptors (Lipinski definition) is 6. The lowest BCUT2D eigenvalue weighted by molar-refractivity contribution is 0.0633. The minimum Gasteiger partial charge on any atom is -0.502 e. The number of benzene rings is 1. The molecule has 0 saturated heterocycles. The fraction of sp³-hybridized carbons (Fsp3) is 0.263. The van der Waals surface area contributed by atoms with Gasteiger partial charge in [-0.2, -0.15) is 5.10 Å². The zero-order chi connectivity index (χ0) is 20.4. The maximum absolute atomic E-state index is 12.6. The van der Waals surface area contributed by atoms with Crippen LogP contribution in [0.2, 0.25) is 0 Å². The van der Waals surface area contributed by atoms with Crippen LogP contribution in [0.4, 0.5) is 0 Å². The zero-order valence-electron chi connectivity index (χ0n) is 15.5. The number of carbonyl (C=O) groups is 1. The van der Waals surface area contributed by atoms with Gasteiger partial charge in [-0.3, -0.25) is 14.6 Å². The van der Waals surface area contributed by atoms with Crippen LogP contribution >= 0.6 is 22.6 Å². The van der Waals surface area contributed by atoms with Gasteiger partial charge in [-0.15, -0.1) is 0 Å². The monoisotopic (exact) mass is 493 g/mol. The van der Waals surface area contributed by atoms with Crippen molar-refractivity contribution in [3.63, 3.8) is 0 Å². The largest absolute Gasteiger partial charge is 0.502 e. The highest BCUT2D eigenvalue weighted by Gasteiger charge is 2.38. The van der Waals surface area contributed by atoms with Crippen molar-refractivity contribution in [1.82, 2.24) is 19.6 Å². The van der Waals surface area contributed by atoms with Crippen molar-refractivity contribution in [3.05, 3.63) is 67.9 Å². The minimum atomic E-state index is -0.677. The van der Waals surface area contributed by atoms with Crippen molar-refractivity contribution in [2.24, 2.45) is 4.99 Å². The van der Waals surface area contributed by atoms with Crippen molar-refractivity contribution >= 4 is 35.2 Å². The molecule has 1 amide bonds. The molecule has 0 bridgehead atoms. The molecule has 0 saturated carbocycles. The molecule has 2 aromatic rings. The van der Waals surface area contributed by atoms with Crippen LogP contribution in [0, 0.1) is 0 Å². The Morgan fingerprint density at radius 2 is 2.11 bits per heavy atom. The zero-order valence-corrected chi connectivity index (χ0v) is 17.6. The van der Waals surface area contributed by atoms with Gasteiger partial charge in [-0.05, 0) is 34.9 Å². The lowest BCUT2D eigenvalue weighted by Crippen LogP contribution is -2.47. The average molecular weight is 493 g/mol. The molecule has 0 radical (unpaired) electrons. The number of aromatic nitrogens is 2. The van der Waals surface area contributed by atoms with Gasteiger partial charge in [-0.25, -0.2) is 4.68 Å². The maximum atomic E-state index is 12.6. The number of hydrogen-bond donors (Lipinski definition) is 1. The normalized spacial score (nSPS) is 17.8. The smallest absolute Gasteiger partial charge is 0.275 e. The number of nitrogens with zero attached hydrogens (tertiary/aromatic N) is 5. The van der Waals surface area contributed by atoms with Crippen LogP contribution in [0.3, 0.4) is 0 Å². The highest BCUT2D eigenvalue weighted by atomic mass is 127. The molecule has 1 N–H and O–H groups in total. The second-order valence-corrected chi connectivity index (χ2v) is 7.64. The minimum absolute atomic E-state index is 0.0962. The van der Waals surface area contributed by atoms with Gasteiger partial charge in [-0.1, -0.05) is 30.3 Å². The molecule has 2 heterocycles. The van der Waals surface area contributed by atoms with Gasteiger partial charge in [0.2, 0.25) is 5.43 Å². The Balaban J connectivity index is 2.20. The maximum Gasteiger partial charge on any atom is 0.275 e. The summed E-state index contributed by atoms with van der Waals surface area (Å²) in [7, 11) is 3.54. The molecule has 0 fully saturated rings. The van der Waals surface area contributed by atoms with Crippen LogP contribution in [-0.2, 0) is 0 Å². The molecular weight excluding hydrogens is 473 g/mol.